The molecule has 3 heteroatoms. The number of aryl methyl sites for hydroxylation is 1. The van der Waals surface area contributed by atoms with E-state index in [9.17, 15) is 0 Å². The van der Waals surface area contributed by atoms with E-state index in [0.29, 0.717) is 0 Å². The predicted octanol–water partition coefficient (Wildman–Crippen LogP) is 14.6. The zero-order valence-electron chi connectivity index (χ0n) is 31.7. The van der Waals surface area contributed by atoms with Gasteiger partial charge in [0.2, 0.25) is 0 Å². The Bertz CT molecular complexity index is 3010. The number of aromatic nitrogens is 1. The molecule has 0 radical (unpaired) electrons. The van der Waals surface area contributed by atoms with Crippen molar-refractivity contribution in [3.8, 4) is 16.8 Å². The second-order valence-electron chi connectivity index (χ2n) is 15.0. The Balaban J connectivity index is 1.14. The average Bonchev–Trinajstić information content (AvgIpc) is 3.77. The first-order valence-corrected chi connectivity index (χ1v) is 20.4. The molecule has 3 heterocycles. The molecule has 2 aromatic heterocycles. The van der Waals surface area contributed by atoms with Gasteiger partial charge < -0.3 is 9.47 Å². The van der Waals surface area contributed by atoms with E-state index in [-0.39, 0.29) is 6.04 Å². The van der Waals surface area contributed by atoms with Gasteiger partial charge in [0.05, 0.1) is 16.7 Å². The topological polar surface area (TPSA) is 8.17 Å². The molecule has 0 saturated carbocycles. The SMILES string of the molecule is C=C1/C=C(c2ccc3c4ccccc4n(-c4ccc(-c5ccc6c7c(sc6c5)CCC=C7)c5ccccc45)c3c2)\C=C/N(c2ccccc2)C(C)/C=C\C=C1C. The van der Waals surface area contributed by atoms with Crippen LogP contribution in [0, 0.1) is 0 Å². The van der Waals surface area contributed by atoms with Crippen LogP contribution in [-0.2, 0) is 6.42 Å². The molecule has 2 aliphatic rings. The van der Waals surface area contributed by atoms with Gasteiger partial charge in [0.1, 0.15) is 0 Å². The number of anilines is 1. The fourth-order valence-electron chi connectivity index (χ4n) is 8.57. The molecule has 0 saturated heterocycles. The van der Waals surface area contributed by atoms with Gasteiger partial charge in [0.25, 0.3) is 0 Å². The number of benzene rings is 6. The summed E-state index contributed by atoms with van der Waals surface area (Å²) in [6.45, 7) is 8.88. The van der Waals surface area contributed by atoms with Crippen molar-refractivity contribution in [2.75, 3.05) is 4.90 Å². The number of para-hydroxylation sites is 2. The lowest BCUT2D eigenvalue weighted by molar-refractivity contribution is 0.857. The molecule has 0 spiro atoms. The highest BCUT2D eigenvalue weighted by Gasteiger charge is 2.19. The van der Waals surface area contributed by atoms with Gasteiger partial charge in [-0.1, -0.05) is 128 Å². The van der Waals surface area contributed by atoms with Crippen LogP contribution in [0.3, 0.4) is 0 Å². The molecule has 0 fully saturated rings. The summed E-state index contributed by atoms with van der Waals surface area (Å²) in [5.41, 5.74) is 13.0. The van der Waals surface area contributed by atoms with Crippen LogP contribution in [0.4, 0.5) is 5.69 Å². The second-order valence-corrected chi connectivity index (χ2v) is 16.1. The molecular weight excluding hydrogens is 697 g/mol. The van der Waals surface area contributed by atoms with Crippen molar-refractivity contribution in [1.29, 1.82) is 0 Å². The molecular formula is C53H42N2S. The first-order valence-electron chi connectivity index (χ1n) is 19.6. The van der Waals surface area contributed by atoms with Crippen LogP contribution in [0.1, 0.15) is 36.3 Å². The lowest BCUT2D eigenvalue weighted by Crippen LogP contribution is -2.25. The summed E-state index contributed by atoms with van der Waals surface area (Å²) < 4.78 is 3.84. The smallest absolute Gasteiger partial charge is 0.0547 e. The lowest BCUT2D eigenvalue weighted by Gasteiger charge is -2.26. The van der Waals surface area contributed by atoms with E-state index in [0.717, 1.165) is 40.8 Å². The van der Waals surface area contributed by atoms with Crippen molar-refractivity contribution < 1.29 is 0 Å². The van der Waals surface area contributed by atoms with Crippen molar-refractivity contribution in [1.82, 2.24) is 4.57 Å². The fraction of sp³-hybridized carbons (Fsp3) is 0.0943. The standard InChI is InChI=1S/C53H42N2S/c1-35-14-13-15-37(3)54(41-16-5-4-6-17-41)31-30-39(32-36(35)2)38-24-26-46-45-20-9-11-22-49(45)55(51(46)33-38)50-29-28-42(43-18-7-8-19-44(43)50)40-25-27-48-47-21-10-12-23-52(47)56-53(48)34-40/h4-11,13-22,24-34,37H,2,12,23H2,1,3H3/b15-13-,31-30-,35-14?,39-32+. The van der Waals surface area contributed by atoms with Crippen LogP contribution >= 0.6 is 11.3 Å². The van der Waals surface area contributed by atoms with E-state index >= 15 is 0 Å². The Labute approximate surface area is 332 Å². The molecule has 1 unspecified atom stereocenters. The van der Waals surface area contributed by atoms with Gasteiger partial charge in [0.15, 0.2) is 0 Å². The van der Waals surface area contributed by atoms with E-state index in [1.54, 1.807) is 0 Å². The third kappa shape index (κ3) is 5.87. The van der Waals surface area contributed by atoms with E-state index in [4.69, 9.17) is 0 Å². The van der Waals surface area contributed by atoms with Gasteiger partial charge in [-0.3, -0.25) is 0 Å². The molecule has 0 N–H and O–H groups in total. The Kier molecular flexibility index (Phi) is 8.53. The Hall–Kier alpha value is -6.42. The number of nitrogens with zero attached hydrogens (tertiary/aromatic N) is 2. The summed E-state index contributed by atoms with van der Waals surface area (Å²) in [4.78, 5) is 3.83. The van der Waals surface area contributed by atoms with E-state index in [2.05, 4.69) is 206 Å². The fourth-order valence-corrected chi connectivity index (χ4v) is 9.81. The number of fused-ring (bicyclic) bond motifs is 7. The van der Waals surface area contributed by atoms with E-state index in [1.807, 2.05) is 11.3 Å². The zero-order chi connectivity index (χ0) is 37.8. The maximum Gasteiger partial charge on any atom is 0.0547 e. The molecule has 56 heavy (non-hydrogen) atoms. The summed E-state index contributed by atoms with van der Waals surface area (Å²) in [6, 6.07) is 47.1. The number of allylic oxidation sites excluding steroid dienone is 8. The van der Waals surface area contributed by atoms with Crippen LogP contribution in [0.2, 0.25) is 0 Å². The summed E-state index contributed by atoms with van der Waals surface area (Å²) in [7, 11) is 0. The number of thiophene rings is 1. The zero-order valence-corrected chi connectivity index (χ0v) is 32.6. The molecule has 6 aromatic carbocycles. The van der Waals surface area contributed by atoms with Crippen molar-refractivity contribution in [2.24, 2.45) is 0 Å². The molecule has 0 amide bonds. The van der Waals surface area contributed by atoms with Crippen molar-refractivity contribution in [2.45, 2.75) is 32.7 Å². The lowest BCUT2D eigenvalue weighted by atomic mass is 9.95. The van der Waals surface area contributed by atoms with Gasteiger partial charge in [-0.05, 0) is 125 Å². The average molecular weight is 739 g/mol. The van der Waals surface area contributed by atoms with Crippen LogP contribution < -0.4 is 4.90 Å². The first-order chi connectivity index (χ1) is 27.5. The molecule has 10 rings (SSSR count). The molecule has 1 aliphatic heterocycles. The van der Waals surface area contributed by atoms with Crippen molar-refractivity contribution in [3.63, 3.8) is 0 Å². The van der Waals surface area contributed by atoms with Crippen LogP contribution in [0.5, 0.6) is 0 Å². The predicted molar refractivity (Wildman–Crippen MR) is 244 cm³/mol. The summed E-state index contributed by atoms with van der Waals surface area (Å²) >= 11 is 1.96. The quantitative estimate of drug-likeness (QED) is 0.175. The van der Waals surface area contributed by atoms with Crippen LogP contribution in [0.25, 0.3) is 71.1 Å². The maximum atomic E-state index is 4.50. The molecule has 270 valence electrons. The number of hydrogen-bond donors (Lipinski definition) is 0. The van der Waals surface area contributed by atoms with Gasteiger partial charge in [0, 0.05) is 43.7 Å². The Morgan fingerprint density at radius 2 is 1.45 bits per heavy atom. The Morgan fingerprint density at radius 1 is 0.696 bits per heavy atom. The third-order valence-electron chi connectivity index (χ3n) is 11.6. The minimum absolute atomic E-state index is 0.154. The molecule has 2 nitrogen and oxygen atoms in total. The molecule has 1 atom stereocenters. The van der Waals surface area contributed by atoms with Gasteiger partial charge in [-0.25, -0.2) is 0 Å². The highest BCUT2D eigenvalue weighted by atomic mass is 32.1. The Morgan fingerprint density at radius 3 is 2.32 bits per heavy atom. The van der Waals surface area contributed by atoms with E-state index < -0.39 is 0 Å². The monoisotopic (exact) mass is 738 g/mol. The minimum Gasteiger partial charge on any atom is -0.341 e. The van der Waals surface area contributed by atoms with Gasteiger partial charge >= 0.3 is 0 Å². The number of hydrogen-bond acceptors (Lipinski definition) is 2. The van der Waals surface area contributed by atoms with Crippen molar-refractivity contribution in [3.05, 3.63) is 204 Å². The van der Waals surface area contributed by atoms with Gasteiger partial charge in [-0.15, -0.1) is 11.3 Å². The highest BCUT2D eigenvalue weighted by molar-refractivity contribution is 7.19. The molecule has 8 aromatic rings. The number of rotatable bonds is 4. The minimum atomic E-state index is 0.154. The summed E-state index contributed by atoms with van der Waals surface area (Å²) in [6.07, 6.45) is 20.2. The van der Waals surface area contributed by atoms with Crippen LogP contribution in [-0.4, -0.2) is 10.6 Å². The second kappa shape index (κ2) is 14.0. The van der Waals surface area contributed by atoms with E-state index in [1.165, 1.54) is 69.9 Å². The first kappa shape index (κ1) is 34.1. The largest absolute Gasteiger partial charge is 0.341 e. The third-order valence-corrected chi connectivity index (χ3v) is 12.8. The van der Waals surface area contributed by atoms with Gasteiger partial charge in [-0.2, -0.15) is 0 Å². The molecule has 0 bridgehead atoms. The molecule has 1 aliphatic carbocycles. The van der Waals surface area contributed by atoms with Crippen molar-refractivity contribution >= 4 is 71.3 Å². The summed E-state index contributed by atoms with van der Waals surface area (Å²) in [5.74, 6) is 0. The maximum absolute atomic E-state index is 4.50. The van der Waals surface area contributed by atoms with Crippen LogP contribution in [0.15, 0.2) is 188 Å². The highest BCUT2D eigenvalue weighted by Crippen LogP contribution is 2.42. The normalized spacial score (nSPS) is 18.1. The summed E-state index contributed by atoms with van der Waals surface area (Å²) in [5, 5.41) is 6.34.